The molecule has 0 aliphatic heterocycles. The minimum atomic E-state index is -0.601. The number of rotatable bonds is 10. The van der Waals surface area contributed by atoms with Crippen LogP contribution in [0.5, 0.6) is 0 Å². The summed E-state index contributed by atoms with van der Waals surface area (Å²) in [7, 11) is 3.20. The van der Waals surface area contributed by atoms with Crippen molar-refractivity contribution in [3.63, 3.8) is 0 Å². The summed E-state index contributed by atoms with van der Waals surface area (Å²) in [5, 5.41) is 3.02. The minimum Gasteiger partial charge on any atom is -0.468 e. The average Bonchev–Trinajstić information content (AvgIpc) is 2.35. The molecular weight excluding hydrogens is 230 g/mol. The van der Waals surface area contributed by atoms with Crippen molar-refractivity contribution in [2.24, 2.45) is 5.92 Å². The third-order valence-corrected chi connectivity index (χ3v) is 3.22. The molecule has 1 unspecified atom stereocenters. The predicted octanol–water partition coefficient (Wildman–Crippen LogP) is 2.37. The Kier molecular flexibility index (Phi) is 9.02. The molecular formula is C14H29NO3. The molecule has 0 aromatic heterocycles. The molecule has 0 aliphatic rings. The van der Waals surface area contributed by atoms with Crippen molar-refractivity contribution in [3.05, 3.63) is 0 Å². The molecule has 1 atom stereocenters. The summed E-state index contributed by atoms with van der Waals surface area (Å²) in [5.41, 5.74) is -0.601. The van der Waals surface area contributed by atoms with E-state index in [0.717, 1.165) is 31.8 Å². The Labute approximate surface area is 111 Å². The van der Waals surface area contributed by atoms with E-state index in [-0.39, 0.29) is 5.97 Å². The fourth-order valence-electron chi connectivity index (χ4n) is 1.78. The van der Waals surface area contributed by atoms with Gasteiger partial charge in [-0.05, 0) is 45.6 Å². The summed E-state index contributed by atoms with van der Waals surface area (Å²) in [6.07, 6.45) is 3.89. The fourth-order valence-corrected chi connectivity index (χ4v) is 1.78. The molecule has 0 aromatic rings. The topological polar surface area (TPSA) is 47.6 Å². The summed E-state index contributed by atoms with van der Waals surface area (Å²) in [6, 6.07) is 0. The first-order chi connectivity index (χ1) is 8.46. The maximum atomic E-state index is 11.6. The first kappa shape index (κ1) is 17.4. The first-order valence-electron chi connectivity index (χ1n) is 6.81. The van der Waals surface area contributed by atoms with Gasteiger partial charge in [0.2, 0.25) is 0 Å². The fraction of sp³-hybridized carbons (Fsp3) is 0.929. The second-order valence-corrected chi connectivity index (χ2v) is 5.33. The van der Waals surface area contributed by atoms with Gasteiger partial charge in [-0.1, -0.05) is 13.8 Å². The summed E-state index contributed by atoms with van der Waals surface area (Å²) in [5.74, 6) is 0.519. The van der Waals surface area contributed by atoms with E-state index >= 15 is 0 Å². The number of ether oxygens (including phenoxy) is 2. The molecule has 0 aliphatic carbocycles. The van der Waals surface area contributed by atoms with Crippen LogP contribution in [-0.2, 0) is 14.3 Å². The van der Waals surface area contributed by atoms with Crippen LogP contribution in [0.25, 0.3) is 0 Å². The molecule has 0 saturated heterocycles. The molecule has 0 spiro atoms. The monoisotopic (exact) mass is 259 g/mol. The second kappa shape index (κ2) is 9.34. The Morgan fingerprint density at radius 2 is 1.89 bits per heavy atom. The zero-order valence-corrected chi connectivity index (χ0v) is 12.5. The Morgan fingerprint density at radius 3 is 2.39 bits per heavy atom. The molecule has 0 fully saturated rings. The average molecular weight is 259 g/mol. The van der Waals surface area contributed by atoms with Crippen molar-refractivity contribution in [2.75, 3.05) is 27.4 Å². The molecule has 0 bridgehead atoms. The molecule has 0 aromatic carbocycles. The van der Waals surface area contributed by atoms with Gasteiger partial charge in [-0.3, -0.25) is 4.79 Å². The number of methoxy groups -OCH3 is 1. The molecule has 18 heavy (non-hydrogen) atoms. The lowest BCUT2D eigenvalue weighted by atomic mass is 9.96. The van der Waals surface area contributed by atoms with E-state index in [4.69, 9.17) is 9.47 Å². The highest BCUT2D eigenvalue weighted by Gasteiger charge is 2.31. The van der Waals surface area contributed by atoms with Gasteiger partial charge in [0.25, 0.3) is 0 Å². The molecule has 0 rings (SSSR count). The molecule has 0 amide bonds. The number of hydrogen-bond donors (Lipinski definition) is 1. The highest BCUT2D eigenvalue weighted by Crippen LogP contribution is 2.14. The molecule has 0 saturated carbocycles. The van der Waals surface area contributed by atoms with Crippen molar-refractivity contribution in [1.29, 1.82) is 0 Å². The van der Waals surface area contributed by atoms with Gasteiger partial charge < -0.3 is 14.8 Å². The third-order valence-electron chi connectivity index (χ3n) is 3.22. The van der Waals surface area contributed by atoms with Crippen LogP contribution >= 0.6 is 0 Å². The first-order valence-corrected chi connectivity index (χ1v) is 6.81. The lowest BCUT2D eigenvalue weighted by Crippen LogP contribution is -2.48. The van der Waals surface area contributed by atoms with E-state index in [9.17, 15) is 4.79 Å². The molecule has 4 heteroatoms. The minimum absolute atomic E-state index is 0.218. The van der Waals surface area contributed by atoms with E-state index < -0.39 is 5.54 Å². The molecule has 0 heterocycles. The zero-order valence-electron chi connectivity index (χ0n) is 12.5. The number of likely N-dealkylation sites (N-methyl/N-ethyl adjacent to an activating group) is 1. The predicted molar refractivity (Wildman–Crippen MR) is 73.6 cm³/mol. The van der Waals surface area contributed by atoms with Crippen LogP contribution in [-0.4, -0.2) is 38.9 Å². The molecule has 1 N–H and O–H groups in total. The van der Waals surface area contributed by atoms with Gasteiger partial charge >= 0.3 is 5.97 Å². The second-order valence-electron chi connectivity index (χ2n) is 5.33. The summed E-state index contributed by atoms with van der Waals surface area (Å²) in [6.45, 7) is 7.81. The summed E-state index contributed by atoms with van der Waals surface area (Å²) in [4.78, 5) is 11.6. The Balaban J connectivity index is 3.66. The number of carbonyl (C=O) groups is 1. The largest absolute Gasteiger partial charge is 0.468 e. The van der Waals surface area contributed by atoms with Gasteiger partial charge in [0.05, 0.1) is 7.11 Å². The SMILES string of the molecule is CNC(C)(CCCOCCCC(C)C)C(=O)OC. The van der Waals surface area contributed by atoms with E-state index in [0.29, 0.717) is 6.61 Å². The quantitative estimate of drug-likeness (QED) is 0.483. The zero-order chi connectivity index (χ0) is 14.0. The van der Waals surface area contributed by atoms with Crippen molar-refractivity contribution in [3.8, 4) is 0 Å². The number of hydrogen-bond acceptors (Lipinski definition) is 4. The third kappa shape index (κ3) is 6.97. The lowest BCUT2D eigenvalue weighted by Gasteiger charge is -2.25. The van der Waals surface area contributed by atoms with Crippen molar-refractivity contribution >= 4 is 5.97 Å². The highest BCUT2D eigenvalue weighted by molar-refractivity contribution is 5.80. The standard InChI is InChI=1S/C14H29NO3/c1-12(2)8-6-10-18-11-7-9-14(3,15-4)13(16)17-5/h12,15H,6-11H2,1-5H3. The Bertz CT molecular complexity index is 231. The van der Waals surface area contributed by atoms with Crippen LogP contribution in [0.1, 0.15) is 46.5 Å². The van der Waals surface area contributed by atoms with Crippen LogP contribution in [0.2, 0.25) is 0 Å². The van der Waals surface area contributed by atoms with Gasteiger partial charge in [0.15, 0.2) is 0 Å². The van der Waals surface area contributed by atoms with Crippen LogP contribution in [0.15, 0.2) is 0 Å². The van der Waals surface area contributed by atoms with Gasteiger partial charge in [-0.15, -0.1) is 0 Å². The molecule has 4 nitrogen and oxygen atoms in total. The van der Waals surface area contributed by atoms with Crippen LogP contribution in [0, 0.1) is 5.92 Å². The van der Waals surface area contributed by atoms with E-state index in [2.05, 4.69) is 19.2 Å². The molecule has 108 valence electrons. The van der Waals surface area contributed by atoms with Gasteiger partial charge in [-0.2, -0.15) is 0 Å². The van der Waals surface area contributed by atoms with Gasteiger partial charge in [-0.25, -0.2) is 0 Å². The summed E-state index contributed by atoms with van der Waals surface area (Å²) < 4.78 is 10.3. The maximum Gasteiger partial charge on any atom is 0.325 e. The molecule has 0 radical (unpaired) electrons. The van der Waals surface area contributed by atoms with Crippen molar-refractivity contribution < 1.29 is 14.3 Å². The number of esters is 1. The smallest absolute Gasteiger partial charge is 0.325 e. The summed E-state index contributed by atoms with van der Waals surface area (Å²) >= 11 is 0. The normalized spacial score (nSPS) is 14.6. The highest BCUT2D eigenvalue weighted by atomic mass is 16.5. The van der Waals surface area contributed by atoms with Gasteiger partial charge in [0.1, 0.15) is 5.54 Å². The van der Waals surface area contributed by atoms with Crippen LogP contribution < -0.4 is 5.32 Å². The van der Waals surface area contributed by atoms with E-state index in [1.54, 1.807) is 7.05 Å². The number of carbonyl (C=O) groups excluding carboxylic acids is 1. The van der Waals surface area contributed by atoms with Crippen molar-refractivity contribution in [2.45, 2.75) is 52.0 Å². The number of nitrogens with one attached hydrogen (secondary N) is 1. The van der Waals surface area contributed by atoms with Crippen molar-refractivity contribution in [1.82, 2.24) is 5.32 Å². The Hall–Kier alpha value is -0.610. The van der Waals surface area contributed by atoms with E-state index in [1.165, 1.54) is 13.5 Å². The van der Waals surface area contributed by atoms with Crippen LogP contribution in [0.4, 0.5) is 0 Å². The van der Waals surface area contributed by atoms with E-state index in [1.807, 2.05) is 6.92 Å². The van der Waals surface area contributed by atoms with Gasteiger partial charge in [0, 0.05) is 13.2 Å². The Morgan fingerprint density at radius 1 is 1.28 bits per heavy atom. The lowest BCUT2D eigenvalue weighted by molar-refractivity contribution is -0.148. The maximum absolute atomic E-state index is 11.6. The van der Waals surface area contributed by atoms with Crippen LogP contribution in [0.3, 0.4) is 0 Å².